The molecule has 5 heteroatoms. The van der Waals surface area contributed by atoms with Gasteiger partial charge in [-0.3, -0.25) is 9.20 Å². The molecule has 3 rings (SSSR count). The Kier molecular flexibility index (Phi) is 4.14. The molecule has 0 unspecified atom stereocenters. The number of nitrogens with zero attached hydrogens (tertiary/aromatic N) is 3. The number of benzene rings is 1. The van der Waals surface area contributed by atoms with Crippen LogP contribution in [0, 0.1) is 0 Å². The summed E-state index contributed by atoms with van der Waals surface area (Å²) in [6, 6.07) is 15.8. The molecule has 0 saturated heterocycles. The van der Waals surface area contributed by atoms with Crippen LogP contribution in [-0.4, -0.2) is 20.5 Å². The molecule has 1 atom stereocenters. The fourth-order valence-corrected chi connectivity index (χ4v) is 2.44. The lowest BCUT2D eigenvalue weighted by Gasteiger charge is -2.11. The van der Waals surface area contributed by atoms with E-state index in [1.54, 1.807) is 0 Å². The molecule has 0 bridgehead atoms. The molecule has 0 fully saturated rings. The Morgan fingerprint density at radius 3 is 2.73 bits per heavy atom. The van der Waals surface area contributed by atoms with Gasteiger partial charge >= 0.3 is 0 Å². The van der Waals surface area contributed by atoms with Crippen LogP contribution in [0.2, 0.25) is 0 Å². The molecule has 0 spiro atoms. The number of fused-ring (bicyclic) bond motifs is 1. The van der Waals surface area contributed by atoms with Gasteiger partial charge in [-0.25, -0.2) is 0 Å². The van der Waals surface area contributed by atoms with Gasteiger partial charge in [0.05, 0.1) is 6.54 Å². The largest absolute Gasteiger partial charge is 0.349 e. The molecule has 0 aliphatic heterocycles. The van der Waals surface area contributed by atoms with Crippen molar-refractivity contribution in [3.63, 3.8) is 0 Å². The molecule has 0 radical (unpaired) electrons. The first kappa shape index (κ1) is 14.3. The summed E-state index contributed by atoms with van der Waals surface area (Å²) < 4.78 is 1.88. The Bertz CT molecular complexity index is 766. The highest BCUT2D eigenvalue weighted by Gasteiger charge is 2.12. The Morgan fingerprint density at radius 2 is 1.91 bits per heavy atom. The van der Waals surface area contributed by atoms with Crippen molar-refractivity contribution in [2.45, 2.75) is 25.8 Å². The highest BCUT2D eigenvalue weighted by atomic mass is 16.1. The maximum Gasteiger partial charge on any atom is 0.220 e. The molecule has 2 aromatic heterocycles. The van der Waals surface area contributed by atoms with Crippen molar-refractivity contribution >= 4 is 11.6 Å². The fourth-order valence-electron chi connectivity index (χ4n) is 2.44. The zero-order valence-corrected chi connectivity index (χ0v) is 12.4. The Labute approximate surface area is 129 Å². The summed E-state index contributed by atoms with van der Waals surface area (Å²) in [5, 5.41) is 11.1. The third-order valence-corrected chi connectivity index (χ3v) is 3.69. The van der Waals surface area contributed by atoms with E-state index in [0.717, 1.165) is 11.5 Å². The van der Waals surface area contributed by atoms with Gasteiger partial charge in [0.1, 0.15) is 0 Å². The average molecular weight is 294 g/mol. The number of aromatic nitrogens is 3. The van der Waals surface area contributed by atoms with Crippen molar-refractivity contribution in [3.05, 3.63) is 66.1 Å². The van der Waals surface area contributed by atoms with Crippen LogP contribution in [0.25, 0.3) is 5.65 Å². The lowest BCUT2D eigenvalue weighted by atomic mass is 9.98. The van der Waals surface area contributed by atoms with Gasteiger partial charge in [0.15, 0.2) is 11.5 Å². The van der Waals surface area contributed by atoms with Crippen LogP contribution in [0.5, 0.6) is 0 Å². The zero-order chi connectivity index (χ0) is 15.4. The summed E-state index contributed by atoms with van der Waals surface area (Å²) >= 11 is 0. The Morgan fingerprint density at radius 1 is 1.14 bits per heavy atom. The van der Waals surface area contributed by atoms with Crippen LogP contribution in [0.1, 0.15) is 30.7 Å². The number of rotatable bonds is 5. The maximum atomic E-state index is 12.1. The van der Waals surface area contributed by atoms with Gasteiger partial charge in [0, 0.05) is 12.6 Å². The van der Waals surface area contributed by atoms with Crippen molar-refractivity contribution < 1.29 is 4.79 Å². The maximum absolute atomic E-state index is 12.1. The summed E-state index contributed by atoms with van der Waals surface area (Å²) in [4.78, 5) is 12.1. The predicted octanol–water partition coefficient (Wildman–Crippen LogP) is 2.54. The smallest absolute Gasteiger partial charge is 0.220 e. The number of nitrogens with one attached hydrogen (secondary N) is 1. The quantitative estimate of drug-likeness (QED) is 0.786. The topological polar surface area (TPSA) is 59.3 Å². The summed E-state index contributed by atoms with van der Waals surface area (Å²) in [7, 11) is 0. The van der Waals surface area contributed by atoms with Gasteiger partial charge in [-0.05, 0) is 23.6 Å². The second-order valence-corrected chi connectivity index (χ2v) is 5.34. The standard InChI is InChI=1S/C17H18N4O/c1-13(14-7-3-2-4-8-14)11-17(22)18-12-16-20-19-15-9-5-6-10-21(15)16/h2-10,13H,11-12H2,1H3,(H,18,22)/t13-/m0/s1. The lowest BCUT2D eigenvalue weighted by molar-refractivity contribution is -0.121. The minimum atomic E-state index is 0.0176. The van der Waals surface area contributed by atoms with E-state index in [9.17, 15) is 4.79 Å². The van der Waals surface area contributed by atoms with Crippen molar-refractivity contribution in [1.82, 2.24) is 19.9 Å². The fraction of sp³-hybridized carbons (Fsp3) is 0.235. The van der Waals surface area contributed by atoms with Gasteiger partial charge in [-0.1, -0.05) is 43.3 Å². The first-order valence-electron chi connectivity index (χ1n) is 7.34. The minimum Gasteiger partial charge on any atom is -0.349 e. The van der Waals surface area contributed by atoms with Crippen molar-refractivity contribution in [2.75, 3.05) is 0 Å². The molecule has 1 amide bonds. The lowest BCUT2D eigenvalue weighted by Crippen LogP contribution is -2.25. The molecule has 0 saturated carbocycles. The van der Waals surface area contributed by atoms with Crippen molar-refractivity contribution in [1.29, 1.82) is 0 Å². The van der Waals surface area contributed by atoms with Crippen LogP contribution >= 0.6 is 0 Å². The van der Waals surface area contributed by atoms with E-state index in [4.69, 9.17) is 0 Å². The van der Waals surface area contributed by atoms with Crippen LogP contribution in [0.3, 0.4) is 0 Å². The minimum absolute atomic E-state index is 0.0176. The molecule has 1 N–H and O–H groups in total. The third-order valence-electron chi connectivity index (χ3n) is 3.69. The molecule has 22 heavy (non-hydrogen) atoms. The van der Waals surface area contributed by atoms with Crippen molar-refractivity contribution in [2.24, 2.45) is 0 Å². The molecule has 112 valence electrons. The van der Waals surface area contributed by atoms with Crippen LogP contribution in [-0.2, 0) is 11.3 Å². The number of hydrogen-bond acceptors (Lipinski definition) is 3. The summed E-state index contributed by atoms with van der Waals surface area (Å²) in [6.07, 6.45) is 2.35. The number of pyridine rings is 1. The average Bonchev–Trinajstić information content (AvgIpc) is 2.97. The van der Waals surface area contributed by atoms with Gasteiger partial charge in [-0.2, -0.15) is 0 Å². The van der Waals surface area contributed by atoms with E-state index in [2.05, 4.69) is 22.4 Å². The number of carbonyl (C=O) groups excluding carboxylic acids is 1. The Hall–Kier alpha value is -2.69. The van der Waals surface area contributed by atoms with E-state index in [0.29, 0.717) is 13.0 Å². The molecule has 5 nitrogen and oxygen atoms in total. The summed E-state index contributed by atoms with van der Waals surface area (Å²) in [5.41, 5.74) is 1.95. The van der Waals surface area contributed by atoms with Crippen LogP contribution in [0.4, 0.5) is 0 Å². The Balaban J connectivity index is 1.58. The highest BCUT2D eigenvalue weighted by Crippen LogP contribution is 2.18. The first-order chi connectivity index (χ1) is 10.7. The third kappa shape index (κ3) is 3.14. The molecular weight excluding hydrogens is 276 g/mol. The molecule has 3 aromatic rings. The molecule has 0 aliphatic rings. The summed E-state index contributed by atoms with van der Waals surface area (Å²) in [6.45, 7) is 2.44. The van der Waals surface area contributed by atoms with E-state index in [1.165, 1.54) is 5.56 Å². The molecule has 1 aromatic carbocycles. The number of amides is 1. The molecule has 2 heterocycles. The second kappa shape index (κ2) is 6.39. The predicted molar refractivity (Wildman–Crippen MR) is 84.3 cm³/mol. The highest BCUT2D eigenvalue weighted by molar-refractivity contribution is 5.76. The summed E-state index contributed by atoms with van der Waals surface area (Å²) in [5.74, 6) is 0.941. The first-order valence-corrected chi connectivity index (χ1v) is 7.34. The van der Waals surface area contributed by atoms with E-state index in [-0.39, 0.29) is 11.8 Å². The molecule has 0 aliphatic carbocycles. The van der Waals surface area contributed by atoms with Crippen molar-refractivity contribution in [3.8, 4) is 0 Å². The normalized spacial score (nSPS) is 12.2. The molecular formula is C17H18N4O. The number of carbonyl (C=O) groups is 1. The van der Waals surface area contributed by atoms with E-state index in [1.807, 2.05) is 59.1 Å². The zero-order valence-electron chi connectivity index (χ0n) is 12.4. The van der Waals surface area contributed by atoms with Gasteiger partial charge in [-0.15, -0.1) is 10.2 Å². The number of hydrogen-bond donors (Lipinski definition) is 1. The van der Waals surface area contributed by atoms with Crippen LogP contribution < -0.4 is 5.32 Å². The van der Waals surface area contributed by atoms with Gasteiger partial charge < -0.3 is 5.32 Å². The van der Waals surface area contributed by atoms with E-state index < -0.39 is 0 Å². The van der Waals surface area contributed by atoms with E-state index >= 15 is 0 Å². The second-order valence-electron chi connectivity index (χ2n) is 5.34. The SMILES string of the molecule is C[C@@H](CC(=O)NCc1nnc2ccccn12)c1ccccc1. The van der Waals surface area contributed by atoms with Crippen LogP contribution in [0.15, 0.2) is 54.7 Å². The monoisotopic (exact) mass is 294 g/mol. The van der Waals surface area contributed by atoms with Gasteiger partial charge in [0.2, 0.25) is 5.91 Å². The van der Waals surface area contributed by atoms with Gasteiger partial charge in [0.25, 0.3) is 0 Å².